The summed E-state index contributed by atoms with van der Waals surface area (Å²) in [5, 5.41) is 3.27. The summed E-state index contributed by atoms with van der Waals surface area (Å²) in [6.45, 7) is 6.88. The van der Waals surface area contributed by atoms with Gasteiger partial charge in [-0.1, -0.05) is 0 Å². The molecule has 1 amide bonds. The number of likely N-dealkylation sites (tertiary alicyclic amines) is 1. The van der Waals surface area contributed by atoms with Gasteiger partial charge in [-0.2, -0.15) is 0 Å². The lowest BCUT2D eigenvalue weighted by Gasteiger charge is -2.24. The number of nitrogens with two attached hydrogens (primary N) is 1. The molecule has 0 radical (unpaired) electrons. The van der Waals surface area contributed by atoms with Crippen LogP contribution < -0.4 is 11.1 Å². The fourth-order valence-corrected chi connectivity index (χ4v) is 2.10. The van der Waals surface area contributed by atoms with Crippen LogP contribution in [-0.4, -0.2) is 40.7 Å². The molecule has 1 aliphatic rings. The van der Waals surface area contributed by atoms with Crippen molar-refractivity contribution in [3.63, 3.8) is 0 Å². The van der Waals surface area contributed by atoms with Crippen LogP contribution in [0.5, 0.6) is 0 Å². The molecule has 0 aliphatic carbocycles. The van der Waals surface area contributed by atoms with Gasteiger partial charge in [0.25, 0.3) is 0 Å². The van der Waals surface area contributed by atoms with E-state index in [1.807, 2.05) is 20.8 Å². The summed E-state index contributed by atoms with van der Waals surface area (Å²) < 4.78 is 5.36. The third-order valence-electron chi connectivity index (χ3n) is 3.02. The summed E-state index contributed by atoms with van der Waals surface area (Å²) in [6.07, 6.45) is 2.28. The van der Waals surface area contributed by atoms with Crippen LogP contribution >= 0.6 is 0 Å². The van der Waals surface area contributed by atoms with Crippen molar-refractivity contribution in [1.82, 2.24) is 9.88 Å². The zero-order chi connectivity index (χ0) is 14.8. The van der Waals surface area contributed by atoms with Gasteiger partial charge in [0.1, 0.15) is 11.4 Å². The van der Waals surface area contributed by atoms with E-state index in [4.69, 9.17) is 10.5 Å². The molecule has 1 saturated heterocycles. The van der Waals surface area contributed by atoms with E-state index < -0.39 is 5.60 Å². The Morgan fingerprint density at radius 2 is 2.30 bits per heavy atom. The van der Waals surface area contributed by atoms with Gasteiger partial charge in [-0.25, -0.2) is 9.78 Å². The maximum atomic E-state index is 12.0. The van der Waals surface area contributed by atoms with Gasteiger partial charge in [-0.05, 0) is 39.3 Å². The van der Waals surface area contributed by atoms with E-state index in [1.165, 1.54) is 0 Å². The number of aromatic nitrogens is 1. The van der Waals surface area contributed by atoms with Gasteiger partial charge < -0.3 is 20.7 Å². The van der Waals surface area contributed by atoms with Gasteiger partial charge >= 0.3 is 6.09 Å². The molecule has 1 unspecified atom stereocenters. The lowest BCUT2D eigenvalue weighted by atomic mass is 10.2. The molecular weight excluding hydrogens is 256 g/mol. The lowest BCUT2D eigenvalue weighted by Crippen LogP contribution is -2.36. The number of anilines is 2. The number of carbonyl (C=O) groups is 1. The summed E-state index contributed by atoms with van der Waals surface area (Å²) in [5.74, 6) is 0.670. The van der Waals surface area contributed by atoms with Crippen molar-refractivity contribution >= 4 is 17.6 Å². The predicted molar refractivity (Wildman–Crippen MR) is 78.5 cm³/mol. The molecule has 1 aromatic rings. The smallest absolute Gasteiger partial charge is 0.410 e. The zero-order valence-electron chi connectivity index (χ0n) is 12.2. The number of rotatable bonds is 2. The molecule has 0 aromatic carbocycles. The predicted octanol–water partition coefficient (Wildman–Crippen LogP) is 2.09. The van der Waals surface area contributed by atoms with Crippen LogP contribution in [0.15, 0.2) is 18.3 Å². The van der Waals surface area contributed by atoms with Gasteiger partial charge in [0.2, 0.25) is 0 Å². The van der Waals surface area contributed by atoms with Gasteiger partial charge in [0, 0.05) is 25.3 Å². The Bertz CT molecular complexity index is 484. The van der Waals surface area contributed by atoms with Crippen molar-refractivity contribution in [1.29, 1.82) is 0 Å². The van der Waals surface area contributed by atoms with E-state index >= 15 is 0 Å². The Morgan fingerprint density at radius 3 is 2.95 bits per heavy atom. The van der Waals surface area contributed by atoms with Gasteiger partial charge in [-0.15, -0.1) is 0 Å². The lowest BCUT2D eigenvalue weighted by molar-refractivity contribution is 0.0293. The minimum atomic E-state index is -0.464. The van der Waals surface area contributed by atoms with E-state index in [2.05, 4.69) is 10.3 Å². The monoisotopic (exact) mass is 278 g/mol. The van der Waals surface area contributed by atoms with Crippen LogP contribution in [0.25, 0.3) is 0 Å². The molecule has 1 atom stereocenters. The molecule has 1 aliphatic heterocycles. The standard InChI is InChI=1S/C14H22N4O2/c1-14(2,3)20-13(19)18-8-6-10(9-18)17-12-11(15)5-4-7-16-12/h4-5,7,10H,6,8-9,15H2,1-3H3,(H,16,17). The molecule has 2 heterocycles. The van der Waals surface area contributed by atoms with Crippen molar-refractivity contribution in [3.8, 4) is 0 Å². The van der Waals surface area contributed by atoms with E-state index in [9.17, 15) is 4.79 Å². The van der Waals surface area contributed by atoms with E-state index in [0.29, 0.717) is 24.6 Å². The van der Waals surface area contributed by atoms with Crippen LogP contribution in [-0.2, 0) is 4.74 Å². The Morgan fingerprint density at radius 1 is 1.55 bits per heavy atom. The van der Waals surface area contributed by atoms with Gasteiger partial charge in [-0.3, -0.25) is 0 Å². The molecule has 1 aromatic heterocycles. The number of ether oxygens (including phenoxy) is 1. The van der Waals surface area contributed by atoms with E-state index in [-0.39, 0.29) is 12.1 Å². The van der Waals surface area contributed by atoms with Crippen LogP contribution in [0.3, 0.4) is 0 Å². The highest BCUT2D eigenvalue weighted by molar-refractivity contribution is 5.69. The van der Waals surface area contributed by atoms with Crippen LogP contribution in [0.1, 0.15) is 27.2 Å². The van der Waals surface area contributed by atoms with Crippen molar-refractivity contribution in [2.75, 3.05) is 24.1 Å². The highest BCUT2D eigenvalue weighted by atomic mass is 16.6. The number of pyridine rings is 1. The zero-order valence-corrected chi connectivity index (χ0v) is 12.2. The number of nitrogens with one attached hydrogen (secondary N) is 1. The fourth-order valence-electron chi connectivity index (χ4n) is 2.10. The number of amides is 1. The molecule has 3 N–H and O–H groups in total. The largest absolute Gasteiger partial charge is 0.444 e. The first-order valence-electron chi connectivity index (χ1n) is 6.80. The quantitative estimate of drug-likeness (QED) is 0.865. The first-order chi connectivity index (χ1) is 9.35. The molecule has 2 rings (SSSR count). The minimum Gasteiger partial charge on any atom is -0.444 e. The highest BCUT2D eigenvalue weighted by Gasteiger charge is 2.30. The SMILES string of the molecule is CC(C)(C)OC(=O)N1CCC(Nc2ncccc2N)C1. The maximum Gasteiger partial charge on any atom is 0.410 e. The molecule has 110 valence electrons. The molecular formula is C14H22N4O2. The summed E-state index contributed by atoms with van der Waals surface area (Å²) in [4.78, 5) is 17.9. The molecule has 6 nitrogen and oxygen atoms in total. The summed E-state index contributed by atoms with van der Waals surface area (Å²) >= 11 is 0. The second-order valence-corrected chi connectivity index (χ2v) is 6.00. The Hall–Kier alpha value is -1.98. The van der Waals surface area contributed by atoms with Crippen LogP contribution in [0.4, 0.5) is 16.3 Å². The molecule has 0 saturated carbocycles. The number of hydrogen-bond acceptors (Lipinski definition) is 5. The number of hydrogen-bond donors (Lipinski definition) is 2. The Labute approximate surface area is 119 Å². The second-order valence-electron chi connectivity index (χ2n) is 6.00. The van der Waals surface area contributed by atoms with Crippen molar-refractivity contribution in [2.45, 2.75) is 38.8 Å². The normalized spacial score (nSPS) is 18.9. The van der Waals surface area contributed by atoms with Crippen molar-refractivity contribution in [2.24, 2.45) is 0 Å². The topological polar surface area (TPSA) is 80.5 Å². The first-order valence-corrected chi connectivity index (χ1v) is 6.80. The van der Waals surface area contributed by atoms with Crippen LogP contribution in [0.2, 0.25) is 0 Å². The average molecular weight is 278 g/mol. The molecule has 20 heavy (non-hydrogen) atoms. The Balaban J connectivity index is 1.90. The summed E-state index contributed by atoms with van der Waals surface area (Å²) in [6, 6.07) is 3.75. The minimum absolute atomic E-state index is 0.153. The van der Waals surface area contributed by atoms with Gasteiger partial charge in [0.05, 0.1) is 5.69 Å². The summed E-state index contributed by atoms with van der Waals surface area (Å²) in [7, 11) is 0. The fraction of sp³-hybridized carbons (Fsp3) is 0.571. The molecule has 6 heteroatoms. The van der Waals surface area contributed by atoms with Crippen LogP contribution in [0, 0.1) is 0 Å². The van der Waals surface area contributed by atoms with Crippen molar-refractivity contribution < 1.29 is 9.53 Å². The summed E-state index contributed by atoms with van der Waals surface area (Å²) in [5.41, 5.74) is 6.00. The number of carbonyl (C=O) groups excluding carboxylic acids is 1. The number of nitrogen functional groups attached to an aromatic ring is 1. The first kappa shape index (κ1) is 14.4. The third kappa shape index (κ3) is 3.76. The number of nitrogens with zero attached hydrogens (tertiary/aromatic N) is 2. The van der Waals surface area contributed by atoms with E-state index in [0.717, 1.165) is 6.42 Å². The van der Waals surface area contributed by atoms with E-state index in [1.54, 1.807) is 23.2 Å². The average Bonchev–Trinajstić information content (AvgIpc) is 2.79. The van der Waals surface area contributed by atoms with Gasteiger partial charge in [0.15, 0.2) is 0 Å². The second kappa shape index (κ2) is 5.56. The third-order valence-corrected chi connectivity index (χ3v) is 3.02. The molecule has 0 spiro atoms. The Kier molecular flexibility index (Phi) is 4.01. The van der Waals surface area contributed by atoms with Crippen molar-refractivity contribution in [3.05, 3.63) is 18.3 Å². The highest BCUT2D eigenvalue weighted by Crippen LogP contribution is 2.20. The molecule has 1 fully saturated rings. The maximum absolute atomic E-state index is 12.0. The molecule has 0 bridgehead atoms.